The Morgan fingerprint density at radius 3 is 3.13 bits per heavy atom. The van der Waals surface area contributed by atoms with Gasteiger partial charge in [0.05, 0.1) is 19.3 Å². The molecule has 0 amide bonds. The van der Waals surface area contributed by atoms with E-state index in [-0.39, 0.29) is 5.78 Å². The highest BCUT2D eigenvalue weighted by Crippen LogP contribution is 2.13. The molecule has 0 saturated heterocycles. The lowest BCUT2D eigenvalue weighted by molar-refractivity contribution is 0.0981. The Balaban J connectivity index is 2.24. The van der Waals surface area contributed by atoms with Crippen LogP contribution in [0.25, 0.3) is 0 Å². The molecule has 82 valence electrons. The molecule has 0 atom stereocenters. The lowest BCUT2D eigenvalue weighted by Gasteiger charge is -2.24. The van der Waals surface area contributed by atoms with Gasteiger partial charge in [0.1, 0.15) is 11.5 Å². The molecule has 0 bridgehead atoms. The van der Waals surface area contributed by atoms with Gasteiger partial charge in [-0.2, -0.15) is 0 Å². The smallest absolute Gasteiger partial charge is 0.194 e. The Bertz CT molecular complexity index is 371. The Morgan fingerprint density at radius 2 is 2.40 bits per heavy atom. The number of fused-ring (bicyclic) bond motifs is 1. The Morgan fingerprint density at radius 1 is 1.60 bits per heavy atom. The minimum atomic E-state index is 0.112. The maximum absolute atomic E-state index is 11.7. The summed E-state index contributed by atoms with van der Waals surface area (Å²) in [6.07, 6.45) is 1.69. The third-order valence-electron chi connectivity index (χ3n) is 2.68. The van der Waals surface area contributed by atoms with Crippen molar-refractivity contribution in [1.29, 1.82) is 0 Å². The van der Waals surface area contributed by atoms with Gasteiger partial charge >= 0.3 is 0 Å². The monoisotopic (exact) mass is 208 g/mol. The quantitative estimate of drug-likeness (QED) is 0.695. The van der Waals surface area contributed by atoms with Gasteiger partial charge in [0.25, 0.3) is 0 Å². The predicted octanol–water partition coefficient (Wildman–Crippen LogP) is -0.269. The van der Waals surface area contributed by atoms with Crippen LogP contribution in [0.1, 0.15) is 16.3 Å². The molecule has 0 radical (unpaired) electrons. The lowest BCUT2D eigenvalue weighted by Crippen LogP contribution is -2.32. The van der Waals surface area contributed by atoms with Gasteiger partial charge in [0.2, 0.25) is 0 Å². The Labute approximate surface area is 89.1 Å². The molecular weight excluding hydrogens is 192 g/mol. The Kier molecular flexibility index (Phi) is 2.83. The van der Waals surface area contributed by atoms with Crippen molar-refractivity contribution < 1.29 is 4.79 Å². The van der Waals surface area contributed by atoms with Crippen LogP contribution in [0.3, 0.4) is 0 Å². The molecule has 2 heterocycles. The molecule has 5 heteroatoms. The number of Topliss-reactive ketones (excluding diaryl/α,β-unsaturated/α-hetero) is 1. The minimum Gasteiger partial charge on any atom is -0.323 e. The van der Waals surface area contributed by atoms with Crippen LogP contribution in [0.4, 0.5) is 0 Å². The van der Waals surface area contributed by atoms with E-state index >= 15 is 0 Å². The summed E-state index contributed by atoms with van der Waals surface area (Å²) >= 11 is 0. The molecule has 5 nitrogen and oxygen atoms in total. The summed E-state index contributed by atoms with van der Waals surface area (Å²) in [5.41, 5.74) is 0.729. The molecule has 0 unspecified atom stereocenters. The van der Waals surface area contributed by atoms with Crippen LogP contribution in [0.2, 0.25) is 0 Å². The largest absolute Gasteiger partial charge is 0.323 e. The number of carbonyl (C=O) groups is 1. The standard InChI is InChI=1S/C10H16N4O/c1-11-6-9(15)8-5-12-10-7-13(2)3-4-14(8)10/h5,11H,3-4,6-7H2,1-2H3. The summed E-state index contributed by atoms with van der Waals surface area (Å²) in [6, 6.07) is 0. The normalized spacial score (nSPS) is 16.4. The molecule has 0 aliphatic carbocycles. The number of imidazole rings is 1. The topological polar surface area (TPSA) is 50.2 Å². The van der Waals surface area contributed by atoms with Gasteiger partial charge in [-0.05, 0) is 14.1 Å². The molecule has 2 rings (SSSR count). The number of nitrogens with one attached hydrogen (secondary N) is 1. The van der Waals surface area contributed by atoms with Crippen LogP contribution in [-0.2, 0) is 13.1 Å². The zero-order valence-electron chi connectivity index (χ0n) is 9.16. The lowest BCUT2D eigenvalue weighted by atomic mass is 10.3. The number of rotatable bonds is 3. The number of carbonyl (C=O) groups excluding carboxylic acids is 1. The van der Waals surface area contributed by atoms with Gasteiger partial charge in [0, 0.05) is 13.1 Å². The van der Waals surface area contributed by atoms with Crippen molar-refractivity contribution in [2.24, 2.45) is 0 Å². The maximum atomic E-state index is 11.7. The fourth-order valence-electron chi connectivity index (χ4n) is 1.85. The van der Waals surface area contributed by atoms with E-state index in [0.29, 0.717) is 6.54 Å². The molecule has 1 aliphatic heterocycles. The number of hydrogen-bond acceptors (Lipinski definition) is 4. The van der Waals surface area contributed by atoms with E-state index < -0.39 is 0 Å². The third-order valence-corrected chi connectivity index (χ3v) is 2.68. The van der Waals surface area contributed by atoms with E-state index in [1.165, 1.54) is 0 Å². The molecule has 1 N–H and O–H groups in total. The van der Waals surface area contributed by atoms with Crippen molar-refractivity contribution in [2.45, 2.75) is 13.1 Å². The number of likely N-dealkylation sites (N-methyl/N-ethyl adjacent to an activating group) is 2. The molecule has 1 aromatic rings. The van der Waals surface area contributed by atoms with E-state index in [4.69, 9.17) is 0 Å². The Hall–Kier alpha value is -1.20. The first-order valence-electron chi connectivity index (χ1n) is 5.13. The molecule has 0 saturated carbocycles. The SMILES string of the molecule is CNCC(=O)c1cnc2n1CCN(C)C2. The van der Waals surface area contributed by atoms with E-state index in [0.717, 1.165) is 31.2 Å². The highest BCUT2D eigenvalue weighted by molar-refractivity contribution is 5.96. The molecule has 1 aliphatic rings. The van der Waals surface area contributed by atoms with Gasteiger partial charge in [0.15, 0.2) is 5.78 Å². The van der Waals surface area contributed by atoms with Crippen LogP contribution >= 0.6 is 0 Å². The van der Waals surface area contributed by atoms with E-state index in [1.54, 1.807) is 13.2 Å². The second-order valence-corrected chi connectivity index (χ2v) is 3.90. The fourth-order valence-corrected chi connectivity index (χ4v) is 1.85. The summed E-state index contributed by atoms with van der Waals surface area (Å²) in [5, 5.41) is 2.87. The summed E-state index contributed by atoms with van der Waals surface area (Å²) < 4.78 is 2.03. The second kappa shape index (κ2) is 4.12. The zero-order chi connectivity index (χ0) is 10.8. The third kappa shape index (κ3) is 1.93. The first kappa shape index (κ1) is 10.3. The summed E-state index contributed by atoms with van der Waals surface area (Å²) in [5.74, 6) is 1.10. The van der Waals surface area contributed by atoms with Crippen LogP contribution in [-0.4, -0.2) is 47.4 Å². The van der Waals surface area contributed by atoms with Crippen LogP contribution in [0, 0.1) is 0 Å². The van der Waals surface area contributed by atoms with E-state index in [9.17, 15) is 4.79 Å². The zero-order valence-corrected chi connectivity index (χ0v) is 9.16. The molecule has 15 heavy (non-hydrogen) atoms. The first-order valence-corrected chi connectivity index (χ1v) is 5.13. The molecule has 0 aromatic carbocycles. The first-order chi connectivity index (χ1) is 7.22. The van der Waals surface area contributed by atoms with Crippen LogP contribution < -0.4 is 5.32 Å². The van der Waals surface area contributed by atoms with Gasteiger partial charge in [-0.15, -0.1) is 0 Å². The second-order valence-electron chi connectivity index (χ2n) is 3.90. The number of nitrogens with zero attached hydrogens (tertiary/aromatic N) is 3. The van der Waals surface area contributed by atoms with E-state index in [1.807, 2.05) is 4.57 Å². The van der Waals surface area contributed by atoms with Crippen LogP contribution in [0.15, 0.2) is 6.20 Å². The summed E-state index contributed by atoms with van der Waals surface area (Å²) in [7, 11) is 3.84. The predicted molar refractivity (Wildman–Crippen MR) is 56.8 cm³/mol. The number of ketones is 1. The highest BCUT2D eigenvalue weighted by Gasteiger charge is 2.20. The van der Waals surface area contributed by atoms with Gasteiger partial charge < -0.3 is 9.88 Å². The number of aromatic nitrogens is 2. The molecule has 0 fully saturated rings. The van der Waals surface area contributed by atoms with Gasteiger partial charge in [-0.1, -0.05) is 0 Å². The fraction of sp³-hybridized carbons (Fsp3) is 0.600. The summed E-state index contributed by atoms with van der Waals surface area (Å²) in [6.45, 7) is 3.04. The average Bonchev–Trinajstić information content (AvgIpc) is 2.60. The highest BCUT2D eigenvalue weighted by atomic mass is 16.1. The molecular formula is C10H16N4O. The molecule has 1 aromatic heterocycles. The van der Waals surface area contributed by atoms with Crippen LogP contribution in [0.5, 0.6) is 0 Å². The summed E-state index contributed by atoms with van der Waals surface area (Å²) in [4.78, 5) is 18.2. The average molecular weight is 208 g/mol. The molecule has 0 spiro atoms. The van der Waals surface area contributed by atoms with Crippen molar-refractivity contribution in [3.05, 3.63) is 17.7 Å². The minimum absolute atomic E-state index is 0.112. The van der Waals surface area contributed by atoms with Crippen molar-refractivity contribution >= 4 is 5.78 Å². The van der Waals surface area contributed by atoms with Gasteiger partial charge in [-0.3, -0.25) is 9.69 Å². The van der Waals surface area contributed by atoms with Crippen molar-refractivity contribution in [3.63, 3.8) is 0 Å². The van der Waals surface area contributed by atoms with Crippen molar-refractivity contribution in [2.75, 3.05) is 27.2 Å². The van der Waals surface area contributed by atoms with Crippen molar-refractivity contribution in [3.8, 4) is 0 Å². The maximum Gasteiger partial charge on any atom is 0.194 e. The van der Waals surface area contributed by atoms with E-state index in [2.05, 4.69) is 22.2 Å². The van der Waals surface area contributed by atoms with Gasteiger partial charge in [-0.25, -0.2) is 4.98 Å². The number of hydrogen-bond donors (Lipinski definition) is 1. The van der Waals surface area contributed by atoms with Crippen molar-refractivity contribution in [1.82, 2.24) is 19.8 Å².